The van der Waals surface area contributed by atoms with Crippen LogP contribution in [0.3, 0.4) is 0 Å². The summed E-state index contributed by atoms with van der Waals surface area (Å²) in [6.07, 6.45) is 8.88. The van der Waals surface area contributed by atoms with Gasteiger partial charge in [-0.1, -0.05) is 39.0 Å². The summed E-state index contributed by atoms with van der Waals surface area (Å²) in [5.74, 6) is 1.83. The molecular formula is C31H44O5. The van der Waals surface area contributed by atoms with Crippen molar-refractivity contribution in [1.29, 1.82) is 0 Å². The van der Waals surface area contributed by atoms with E-state index in [9.17, 15) is 19.8 Å². The van der Waals surface area contributed by atoms with Crippen molar-refractivity contribution in [2.24, 2.45) is 46.3 Å². The van der Waals surface area contributed by atoms with E-state index < -0.39 is 5.97 Å². The molecule has 1 aromatic rings. The molecule has 4 aliphatic rings. The number of rotatable bonds is 6. The summed E-state index contributed by atoms with van der Waals surface area (Å²) < 4.78 is 6.49. The first kappa shape index (κ1) is 25.8. The van der Waals surface area contributed by atoms with Gasteiger partial charge in [0.05, 0.1) is 11.7 Å². The zero-order valence-electron chi connectivity index (χ0n) is 22.2. The molecule has 5 rings (SSSR count). The van der Waals surface area contributed by atoms with E-state index in [-0.39, 0.29) is 41.3 Å². The van der Waals surface area contributed by atoms with Gasteiger partial charge in [0.25, 0.3) is 0 Å². The Hall–Kier alpha value is -1.88. The van der Waals surface area contributed by atoms with Crippen molar-refractivity contribution >= 4 is 11.9 Å². The van der Waals surface area contributed by atoms with Crippen LogP contribution in [0.4, 0.5) is 0 Å². The molecule has 0 aromatic heterocycles. The molecule has 0 radical (unpaired) electrons. The number of benzene rings is 1. The summed E-state index contributed by atoms with van der Waals surface area (Å²) in [5.41, 5.74) is 0.649. The Morgan fingerprint density at radius 2 is 1.78 bits per heavy atom. The Morgan fingerprint density at radius 1 is 1.03 bits per heavy atom. The molecule has 0 heterocycles. The van der Waals surface area contributed by atoms with Gasteiger partial charge in [-0.3, -0.25) is 4.79 Å². The van der Waals surface area contributed by atoms with Crippen LogP contribution in [-0.2, 0) is 9.53 Å². The molecule has 1 aromatic carbocycles. The predicted molar refractivity (Wildman–Crippen MR) is 138 cm³/mol. The fraction of sp³-hybridized carbons (Fsp3) is 0.742. The highest BCUT2D eigenvalue weighted by molar-refractivity contribution is 5.89. The Morgan fingerprint density at radius 3 is 2.50 bits per heavy atom. The van der Waals surface area contributed by atoms with Crippen LogP contribution in [0.2, 0.25) is 0 Å². The number of carboxylic acids is 1. The fourth-order valence-electron chi connectivity index (χ4n) is 9.63. The minimum absolute atomic E-state index is 0.138. The molecule has 0 aliphatic heterocycles. The highest BCUT2D eigenvalue weighted by Gasteiger charge is 2.65. The summed E-state index contributed by atoms with van der Waals surface area (Å²) in [7, 11) is 0. The van der Waals surface area contributed by atoms with Crippen molar-refractivity contribution in [2.45, 2.75) is 97.2 Å². The van der Waals surface area contributed by atoms with Gasteiger partial charge >= 0.3 is 11.9 Å². The van der Waals surface area contributed by atoms with Crippen LogP contribution < -0.4 is 0 Å². The van der Waals surface area contributed by atoms with E-state index in [1.165, 1.54) is 12.8 Å². The highest BCUT2D eigenvalue weighted by Crippen LogP contribution is 2.69. The average molecular weight is 497 g/mol. The van der Waals surface area contributed by atoms with Crippen molar-refractivity contribution in [3.8, 4) is 0 Å². The standard InChI is InChI=1S/C31H44O5/c1-19(9-14-28(33)34)24-12-13-25-23-11-10-21-17-22(32)15-16-30(21,2)26(23)18-27(31(24,25)3)36-29(35)20-7-5-4-6-8-20/h4-8,19,21-27,32H,9-18H2,1-3H3,(H,33,34)/t19-,21?,22-,23?,24-,25?,26?,27+,30+,31-/m1/s1. The molecule has 2 N–H and O–H groups in total. The number of aliphatic hydroxyl groups excluding tert-OH is 1. The fourth-order valence-corrected chi connectivity index (χ4v) is 9.63. The first-order valence-electron chi connectivity index (χ1n) is 14.3. The molecule has 4 saturated carbocycles. The van der Waals surface area contributed by atoms with E-state index in [1.807, 2.05) is 30.3 Å². The molecule has 0 spiro atoms. The lowest BCUT2D eigenvalue weighted by molar-refractivity contribution is -0.176. The van der Waals surface area contributed by atoms with Crippen molar-refractivity contribution < 1.29 is 24.5 Å². The first-order chi connectivity index (χ1) is 17.1. The minimum Gasteiger partial charge on any atom is -0.481 e. The van der Waals surface area contributed by atoms with E-state index in [0.717, 1.165) is 38.5 Å². The number of aliphatic hydroxyl groups is 1. The Bertz CT molecular complexity index is 961. The largest absolute Gasteiger partial charge is 0.481 e. The zero-order valence-corrected chi connectivity index (χ0v) is 22.2. The lowest BCUT2D eigenvalue weighted by atomic mass is 9.43. The third kappa shape index (κ3) is 4.29. The maximum absolute atomic E-state index is 13.4. The topological polar surface area (TPSA) is 83.8 Å². The Balaban J connectivity index is 1.48. The molecule has 4 aliphatic carbocycles. The Labute approximate surface area is 216 Å². The van der Waals surface area contributed by atoms with Crippen molar-refractivity contribution in [3.05, 3.63) is 35.9 Å². The monoisotopic (exact) mass is 496 g/mol. The third-order valence-corrected chi connectivity index (χ3v) is 11.5. The van der Waals surface area contributed by atoms with E-state index >= 15 is 0 Å². The zero-order chi connectivity index (χ0) is 25.7. The maximum Gasteiger partial charge on any atom is 0.338 e. The molecule has 36 heavy (non-hydrogen) atoms. The van der Waals surface area contributed by atoms with E-state index in [4.69, 9.17) is 4.74 Å². The normalized spacial score (nSPS) is 42.5. The maximum atomic E-state index is 13.4. The van der Waals surface area contributed by atoms with Crippen LogP contribution >= 0.6 is 0 Å². The molecule has 0 bridgehead atoms. The smallest absolute Gasteiger partial charge is 0.338 e. The molecule has 0 saturated heterocycles. The van der Waals surface area contributed by atoms with Gasteiger partial charge in [-0.05, 0) is 111 Å². The third-order valence-electron chi connectivity index (χ3n) is 11.5. The average Bonchev–Trinajstić information content (AvgIpc) is 3.22. The lowest BCUT2D eigenvalue weighted by Crippen LogP contribution is -2.59. The number of aliphatic carboxylic acids is 1. The summed E-state index contributed by atoms with van der Waals surface area (Å²) >= 11 is 0. The number of hydrogen-bond acceptors (Lipinski definition) is 4. The van der Waals surface area contributed by atoms with Gasteiger partial charge in [0.2, 0.25) is 0 Å². The van der Waals surface area contributed by atoms with Crippen LogP contribution in [0.1, 0.15) is 95.3 Å². The van der Waals surface area contributed by atoms with E-state index in [0.29, 0.717) is 41.6 Å². The van der Waals surface area contributed by atoms with Crippen molar-refractivity contribution in [2.75, 3.05) is 0 Å². The summed E-state index contributed by atoms with van der Waals surface area (Å²) in [4.78, 5) is 24.7. The van der Waals surface area contributed by atoms with Gasteiger partial charge in [-0.2, -0.15) is 0 Å². The minimum atomic E-state index is -0.733. The second kappa shape index (κ2) is 9.78. The molecule has 5 heteroatoms. The van der Waals surface area contributed by atoms with Crippen LogP contribution in [-0.4, -0.2) is 34.4 Å². The molecule has 198 valence electrons. The van der Waals surface area contributed by atoms with Gasteiger partial charge in [0, 0.05) is 11.8 Å². The van der Waals surface area contributed by atoms with Crippen LogP contribution in [0.15, 0.2) is 30.3 Å². The first-order valence-corrected chi connectivity index (χ1v) is 14.3. The van der Waals surface area contributed by atoms with E-state index in [2.05, 4.69) is 20.8 Å². The van der Waals surface area contributed by atoms with Crippen molar-refractivity contribution in [3.63, 3.8) is 0 Å². The summed E-state index contributed by atoms with van der Waals surface area (Å²) in [5, 5.41) is 19.7. The van der Waals surface area contributed by atoms with Crippen LogP contribution in [0.25, 0.3) is 0 Å². The molecular weight excluding hydrogens is 452 g/mol. The van der Waals surface area contributed by atoms with Gasteiger partial charge in [-0.15, -0.1) is 0 Å². The number of hydrogen-bond donors (Lipinski definition) is 2. The number of carbonyl (C=O) groups excluding carboxylic acids is 1. The van der Waals surface area contributed by atoms with Gasteiger partial charge in [0.15, 0.2) is 0 Å². The van der Waals surface area contributed by atoms with Crippen LogP contribution in [0, 0.1) is 46.3 Å². The van der Waals surface area contributed by atoms with Crippen molar-refractivity contribution in [1.82, 2.24) is 0 Å². The van der Waals surface area contributed by atoms with Crippen LogP contribution in [0.5, 0.6) is 0 Å². The van der Waals surface area contributed by atoms with E-state index in [1.54, 1.807) is 0 Å². The second-order valence-corrected chi connectivity index (χ2v) is 13.0. The molecule has 4 fully saturated rings. The number of fused-ring (bicyclic) bond motifs is 5. The number of esters is 1. The molecule has 0 amide bonds. The molecule has 5 nitrogen and oxygen atoms in total. The number of ether oxygens (including phenoxy) is 1. The molecule has 4 unspecified atom stereocenters. The quantitative estimate of drug-likeness (QED) is 0.449. The number of carboxylic acid groups (broad SMARTS) is 1. The number of carbonyl (C=O) groups is 2. The predicted octanol–water partition coefficient (Wildman–Crippen LogP) is 6.34. The summed E-state index contributed by atoms with van der Waals surface area (Å²) in [6.45, 7) is 7.04. The highest BCUT2D eigenvalue weighted by atomic mass is 16.5. The SMILES string of the molecule is C[C@H](CCC(=O)O)[C@H]1CCC2C3CCC4C[C@H](O)CC[C@]4(C)C3C[C@H](OC(=O)c3ccccc3)[C@@]21C. The van der Waals surface area contributed by atoms with Gasteiger partial charge in [0.1, 0.15) is 6.10 Å². The lowest BCUT2D eigenvalue weighted by Gasteiger charge is -2.62. The molecule has 10 atom stereocenters. The van der Waals surface area contributed by atoms with Gasteiger partial charge < -0.3 is 14.9 Å². The second-order valence-electron chi connectivity index (χ2n) is 13.0. The Kier molecular flexibility index (Phi) is 6.99. The van der Waals surface area contributed by atoms with Gasteiger partial charge in [-0.25, -0.2) is 4.79 Å². The summed E-state index contributed by atoms with van der Waals surface area (Å²) in [6, 6.07) is 9.33.